The minimum Gasteiger partial charge on any atom is -0.351 e. The normalized spacial score (nSPS) is 10.5. The molecule has 0 atom stereocenters. The molecule has 13 heavy (non-hydrogen) atoms. The van der Waals surface area contributed by atoms with E-state index in [1.54, 1.807) is 6.92 Å². The van der Waals surface area contributed by atoms with Gasteiger partial charge >= 0.3 is 5.91 Å². The largest absolute Gasteiger partial charge is 0.351 e. The van der Waals surface area contributed by atoms with Crippen molar-refractivity contribution in [2.45, 2.75) is 26.9 Å². The molecule has 0 spiro atoms. The van der Waals surface area contributed by atoms with Gasteiger partial charge < -0.3 is 4.52 Å². The van der Waals surface area contributed by atoms with Crippen LogP contribution in [0.2, 0.25) is 0 Å². The Hall–Kier alpha value is -1.36. The molecule has 1 N–H and O–H groups in total. The SMILES string of the molecule is Cc1cnoc1C(=O)NOC(C)C. The molecule has 0 aliphatic rings. The summed E-state index contributed by atoms with van der Waals surface area (Å²) in [6.07, 6.45) is 1.41. The van der Waals surface area contributed by atoms with Crippen molar-refractivity contribution in [3.63, 3.8) is 0 Å². The van der Waals surface area contributed by atoms with Gasteiger partial charge in [0.05, 0.1) is 12.3 Å². The first-order chi connectivity index (χ1) is 6.11. The van der Waals surface area contributed by atoms with Crippen molar-refractivity contribution in [2.24, 2.45) is 0 Å². The van der Waals surface area contributed by atoms with E-state index in [0.717, 1.165) is 0 Å². The number of hydrogen-bond donors (Lipinski definition) is 1. The summed E-state index contributed by atoms with van der Waals surface area (Å²) in [6.45, 7) is 5.36. The number of carbonyl (C=O) groups excluding carboxylic acids is 1. The molecule has 1 aromatic heterocycles. The summed E-state index contributed by atoms with van der Waals surface area (Å²) in [4.78, 5) is 16.2. The molecule has 0 unspecified atom stereocenters. The number of hydrogen-bond acceptors (Lipinski definition) is 4. The van der Waals surface area contributed by atoms with Crippen LogP contribution < -0.4 is 5.48 Å². The second-order valence-electron chi connectivity index (χ2n) is 2.94. The van der Waals surface area contributed by atoms with Gasteiger partial charge in [-0.05, 0) is 20.8 Å². The minimum absolute atomic E-state index is 0.0628. The number of carbonyl (C=O) groups is 1. The van der Waals surface area contributed by atoms with E-state index in [1.807, 2.05) is 13.8 Å². The highest BCUT2D eigenvalue weighted by molar-refractivity contribution is 5.91. The van der Waals surface area contributed by atoms with Gasteiger partial charge in [-0.3, -0.25) is 9.63 Å². The third-order valence-electron chi connectivity index (χ3n) is 1.34. The average molecular weight is 184 g/mol. The molecule has 72 valence electrons. The molecule has 1 aromatic rings. The van der Waals surface area contributed by atoms with Crippen molar-refractivity contribution < 1.29 is 14.2 Å². The van der Waals surface area contributed by atoms with Crippen molar-refractivity contribution >= 4 is 5.91 Å². The van der Waals surface area contributed by atoms with Crippen LogP contribution in [-0.4, -0.2) is 17.2 Å². The summed E-state index contributed by atoms with van der Waals surface area (Å²) in [6, 6.07) is 0. The Labute approximate surface area is 76.0 Å². The predicted molar refractivity (Wildman–Crippen MR) is 44.9 cm³/mol. The molecule has 0 radical (unpaired) electrons. The van der Waals surface area contributed by atoms with Gasteiger partial charge in [0.2, 0.25) is 5.76 Å². The zero-order valence-electron chi connectivity index (χ0n) is 7.83. The Morgan fingerprint density at radius 2 is 2.38 bits per heavy atom. The maximum atomic E-state index is 11.3. The third kappa shape index (κ3) is 2.55. The molecule has 0 saturated carbocycles. The first-order valence-corrected chi connectivity index (χ1v) is 3.98. The Morgan fingerprint density at radius 1 is 1.69 bits per heavy atom. The molecule has 0 fully saturated rings. The smallest absolute Gasteiger partial charge is 0.313 e. The number of aromatic nitrogens is 1. The molecule has 0 bridgehead atoms. The predicted octanol–water partition coefficient (Wildman–Crippen LogP) is 1.05. The van der Waals surface area contributed by atoms with Crippen LogP contribution in [0.15, 0.2) is 10.7 Å². The minimum atomic E-state index is -0.413. The Kier molecular flexibility index (Phi) is 3.02. The lowest BCUT2D eigenvalue weighted by atomic mass is 10.3. The standard InChI is InChI=1S/C8H12N2O3/c1-5(2)12-10-8(11)7-6(3)4-9-13-7/h4-5H,1-3H3,(H,10,11). The second kappa shape index (κ2) is 4.04. The van der Waals surface area contributed by atoms with Crippen LogP contribution in [0.3, 0.4) is 0 Å². The van der Waals surface area contributed by atoms with Gasteiger partial charge in [0.15, 0.2) is 0 Å². The van der Waals surface area contributed by atoms with Crippen LogP contribution in [0.25, 0.3) is 0 Å². The summed E-state index contributed by atoms with van der Waals surface area (Å²) < 4.78 is 4.72. The lowest BCUT2D eigenvalue weighted by molar-refractivity contribution is -0.00191. The molecular weight excluding hydrogens is 172 g/mol. The van der Waals surface area contributed by atoms with Gasteiger partial charge in [0.25, 0.3) is 0 Å². The highest BCUT2D eigenvalue weighted by Gasteiger charge is 2.14. The van der Waals surface area contributed by atoms with Crippen LogP contribution in [0, 0.1) is 6.92 Å². The number of hydroxylamine groups is 1. The molecule has 5 heteroatoms. The Balaban J connectivity index is 2.54. The lowest BCUT2D eigenvalue weighted by Crippen LogP contribution is -2.27. The topological polar surface area (TPSA) is 64.4 Å². The van der Waals surface area contributed by atoms with Crippen LogP contribution in [0.4, 0.5) is 0 Å². The third-order valence-corrected chi connectivity index (χ3v) is 1.34. The maximum absolute atomic E-state index is 11.3. The van der Waals surface area contributed by atoms with E-state index in [2.05, 4.69) is 10.6 Å². The van der Waals surface area contributed by atoms with Crippen LogP contribution in [0.5, 0.6) is 0 Å². The molecule has 1 heterocycles. The molecule has 0 aliphatic heterocycles. The monoisotopic (exact) mass is 184 g/mol. The fourth-order valence-electron chi connectivity index (χ4n) is 0.727. The van der Waals surface area contributed by atoms with Gasteiger partial charge in [-0.1, -0.05) is 5.16 Å². The van der Waals surface area contributed by atoms with E-state index in [0.29, 0.717) is 5.56 Å². The van der Waals surface area contributed by atoms with Gasteiger partial charge in [0.1, 0.15) is 0 Å². The van der Waals surface area contributed by atoms with E-state index < -0.39 is 5.91 Å². The van der Waals surface area contributed by atoms with Crippen molar-refractivity contribution in [3.8, 4) is 0 Å². The fourth-order valence-corrected chi connectivity index (χ4v) is 0.727. The fraction of sp³-hybridized carbons (Fsp3) is 0.500. The Morgan fingerprint density at radius 3 is 2.85 bits per heavy atom. The molecular formula is C8H12N2O3. The Bertz CT molecular complexity index is 293. The zero-order valence-corrected chi connectivity index (χ0v) is 7.83. The lowest BCUT2D eigenvalue weighted by Gasteiger charge is -2.06. The zero-order chi connectivity index (χ0) is 9.84. The van der Waals surface area contributed by atoms with Crippen molar-refractivity contribution in [1.29, 1.82) is 0 Å². The molecule has 0 saturated heterocycles. The van der Waals surface area contributed by atoms with Gasteiger partial charge in [-0.2, -0.15) is 0 Å². The number of amides is 1. The first kappa shape index (κ1) is 9.73. The summed E-state index contributed by atoms with van der Waals surface area (Å²) in [7, 11) is 0. The van der Waals surface area contributed by atoms with E-state index in [9.17, 15) is 4.79 Å². The van der Waals surface area contributed by atoms with Crippen LogP contribution in [0.1, 0.15) is 30.0 Å². The second-order valence-corrected chi connectivity index (χ2v) is 2.94. The summed E-state index contributed by atoms with van der Waals surface area (Å²) in [5.74, 6) is -0.232. The number of nitrogens with zero attached hydrogens (tertiary/aromatic N) is 1. The van der Waals surface area contributed by atoms with Crippen LogP contribution >= 0.6 is 0 Å². The van der Waals surface area contributed by atoms with E-state index in [1.165, 1.54) is 6.20 Å². The molecule has 5 nitrogen and oxygen atoms in total. The number of rotatable bonds is 3. The van der Waals surface area contributed by atoms with Gasteiger partial charge in [-0.15, -0.1) is 0 Å². The molecule has 1 amide bonds. The summed E-state index contributed by atoms with van der Waals surface area (Å²) >= 11 is 0. The quantitative estimate of drug-likeness (QED) is 0.713. The van der Waals surface area contributed by atoms with E-state index in [4.69, 9.17) is 9.36 Å². The maximum Gasteiger partial charge on any atom is 0.313 e. The highest BCUT2D eigenvalue weighted by Crippen LogP contribution is 2.05. The first-order valence-electron chi connectivity index (χ1n) is 3.98. The van der Waals surface area contributed by atoms with E-state index in [-0.39, 0.29) is 11.9 Å². The van der Waals surface area contributed by atoms with Gasteiger partial charge in [-0.25, -0.2) is 5.48 Å². The summed E-state index contributed by atoms with van der Waals surface area (Å²) in [5, 5.41) is 3.48. The molecule has 0 aliphatic carbocycles. The van der Waals surface area contributed by atoms with E-state index >= 15 is 0 Å². The van der Waals surface area contributed by atoms with Crippen molar-refractivity contribution in [3.05, 3.63) is 17.5 Å². The van der Waals surface area contributed by atoms with Crippen molar-refractivity contribution in [2.75, 3.05) is 0 Å². The molecule has 0 aromatic carbocycles. The van der Waals surface area contributed by atoms with Gasteiger partial charge in [0, 0.05) is 5.56 Å². The van der Waals surface area contributed by atoms with Crippen molar-refractivity contribution in [1.82, 2.24) is 10.6 Å². The number of nitrogens with one attached hydrogen (secondary N) is 1. The number of aryl methyl sites for hydroxylation is 1. The average Bonchev–Trinajstić information content (AvgIpc) is 2.47. The highest BCUT2D eigenvalue weighted by atomic mass is 16.7. The summed E-state index contributed by atoms with van der Waals surface area (Å²) in [5.41, 5.74) is 2.94. The molecule has 1 rings (SSSR count). The van der Waals surface area contributed by atoms with Crippen LogP contribution in [-0.2, 0) is 4.84 Å².